The van der Waals surface area contributed by atoms with E-state index in [4.69, 9.17) is 42.3 Å². The van der Waals surface area contributed by atoms with E-state index in [-0.39, 0.29) is 16.7 Å². The summed E-state index contributed by atoms with van der Waals surface area (Å²) in [7, 11) is 0. The van der Waals surface area contributed by atoms with E-state index >= 15 is 0 Å². The third-order valence-corrected chi connectivity index (χ3v) is 7.49. The van der Waals surface area contributed by atoms with E-state index < -0.39 is 78.5 Å². The number of carbonyl (C=O) groups excluding carboxylic acids is 5. The summed E-state index contributed by atoms with van der Waals surface area (Å²) in [6.45, 7) is 7.54. The minimum atomic E-state index is -1.71. The predicted octanol–water partition coefficient (Wildman–Crippen LogP) is 4.70. The maximum atomic E-state index is 13.2. The van der Waals surface area contributed by atoms with Crippen molar-refractivity contribution in [3.05, 3.63) is 28.6 Å². The van der Waals surface area contributed by atoms with Gasteiger partial charge in [-0.25, -0.2) is 4.79 Å². The largest absolute Gasteiger partial charge is 0.493 e. The zero-order chi connectivity index (χ0) is 36.8. The Labute approximate surface area is 289 Å². The molecule has 0 amide bonds. The number of ether oxygens (including phenoxy) is 8. The van der Waals surface area contributed by atoms with Gasteiger partial charge in [-0.05, 0) is 18.6 Å². The van der Waals surface area contributed by atoms with E-state index in [0.717, 1.165) is 53.9 Å². The summed E-state index contributed by atoms with van der Waals surface area (Å²) in [6.07, 6.45) is 1.40. The van der Waals surface area contributed by atoms with Crippen LogP contribution in [0.25, 0.3) is 11.0 Å². The Hall–Kier alpha value is -4.66. The number of esters is 5. The van der Waals surface area contributed by atoms with Gasteiger partial charge >= 0.3 is 35.5 Å². The lowest BCUT2D eigenvalue weighted by Gasteiger charge is -2.44. The lowest BCUT2D eigenvalue weighted by molar-refractivity contribution is -0.288. The highest BCUT2D eigenvalue weighted by Gasteiger charge is 2.53. The third kappa shape index (κ3) is 12.0. The van der Waals surface area contributed by atoms with Crippen LogP contribution in [0.15, 0.2) is 27.4 Å². The Morgan fingerprint density at radius 1 is 0.700 bits per heavy atom. The van der Waals surface area contributed by atoms with Gasteiger partial charge in [-0.3, -0.25) is 24.0 Å². The van der Waals surface area contributed by atoms with Gasteiger partial charge in [0, 0.05) is 40.7 Å². The highest BCUT2D eigenvalue weighted by atomic mass is 16.7. The SMILES string of the molecule is CCCCCCCCCCOc1ccc2c(O[C@@H]3O[C@H](COC(C)=O)[C@H](OC(C)=O)[C@H](OC(C)=O)[C@H]3OC(C)=O)c(OC(C)=O)c(=O)oc2c1. The van der Waals surface area contributed by atoms with Crippen LogP contribution in [-0.4, -0.2) is 73.8 Å². The van der Waals surface area contributed by atoms with Crippen molar-refractivity contribution in [3.8, 4) is 17.2 Å². The molecular weight excluding hydrogens is 660 g/mol. The molecule has 1 aliphatic heterocycles. The fraction of sp³-hybridized carbons (Fsp3) is 0.600. The Balaban J connectivity index is 1.99. The fourth-order valence-corrected chi connectivity index (χ4v) is 5.40. The van der Waals surface area contributed by atoms with Gasteiger partial charge in [-0.15, -0.1) is 0 Å². The molecule has 0 N–H and O–H groups in total. The first kappa shape index (κ1) is 39.8. The summed E-state index contributed by atoms with van der Waals surface area (Å²) in [5.41, 5.74) is -1.09. The smallest absolute Gasteiger partial charge is 0.383 e. The van der Waals surface area contributed by atoms with Crippen molar-refractivity contribution in [2.45, 2.75) is 124 Å². The van der Waals surface area contributed by atoms with Crippen LogP contribution < -0.4 is 19.8 Å². The van der Waals surface area contributed by atoms with Gasteiger partial charge < -0.3 is 42.3 Å². The summed E-state index contributed by atoms with van der Waals surface area (Å²) in [5, 5.41) is 0.133. The van der Waals surface area contributed by atoms with Crippen molar-refractivity contribution in [1.29, 1.82) is 0 Å². The number of hydrogen-bond acceptors (Lipinski definition) is 15. The van der Waals surface area contributed by atoms with Gasteiger partial charge in [0.1, 0.15) is 24.0 Å². The zero-order valence-corrected chi connectivity index (χ0v) is 29.3. The second-order valence-corrected chi connectivity index (χ2v) is 11.8. The Morgan fingerprint density at radius 2 is 1.30 bits per heavy atom. The quantitative estimate of drug-likeness (QED) is 0.0897. The molecule has 5 atom stereocenters. The first-order valence-electron chi connectivity index (χ1n) is 16.7. The maximum absolute atomic E-state index is 13.2. The highest BCUT2D eigenvalue weighted by molar-refractivity contribution is 5.87. The van der Waals surface area contributed by atoms with Crippen LogP contribution in [0, 0.1) is 0 Å². The monoisotopic (exact) mass is 706 g/mol. The second kappa shape index (κ2) is 19.5. The number of rotatable bonds is 18. The van der Waals surface area contributed by atoms with Gasteiger partial charge in [-0.1, -0.05) is 51.9 Å². The van der Waals surface area contributed by atoms with Crippen molar-refractivity contribution in [2.24, 2.45) is 0 Å². The van der Waals surface area contributed by atoms with E-state index in [1.165, 1.54) is 44.2 Å². The molecule has 1 aliphatic rings. The minimum Gasteiger partial charge on any atom is -0.493 e. The fourth-order valence-electron chi connectivity index (χ4n) is 5.40. The molecule has 0 unspecified atom stereocenters. The molecule has 0 radical (unpaired) electrons. The third-order valence-electron chi connectivity index (χ3n) is 7.49. The van der Waals surface area contributed by atoms with Crippen LogP contribution in [0.2, 0.25) is 0 Å². The number of carbonyl (C=O) groups is 5. The first-order chi connectivity index (χ1) is 23.8. The van der Waals surface area contributed by atoms with Crippen molar-refractivity contribution in [3.63, 3.8) is 0 Å². The Bertz CT molecular complexity index is 1550. The van der Waals surface area contributed by atoms with E-state index in [9.17, 15) is 28.8 Å². The molecule has 2 heterocycles. The van der Waals surface area contributed by atoms with Gasteiger partial charge in [0.05, 0.1) is 12.0 Å². The average molecular weight is 707 g/mol. The summed E-state index contributed by atoms with van der Waals surface area (Å²) in [4.78, 5) is 73.5. The molecule has 1 aromatic heterocycles. The number of benzene rings is 1. The van der Waals surface area contributed by atoms with Crippen molar-refractivity contribution in [1.82, 2.24) is 0 Å². The molecule has 0 bridgehead atoms. The first-order valence-corrected chi connectivity index (χ1v) is 16.7. The Kier molecular flexibility index (Phi) is 15.5. The van der Waals surface area contributed by atoms with Gasteiger partial charge in [-0.2, -0.15) is 0 Å². The van der Waals surface area contributed by atoms with Crippen LogP contribution in [0.5, 0.6) is 17.2 Å². The number of fused-ring (bicyclic) bond motifs is 1. The molecule has 3 rings (SSSR count). The predicted molar refractivity (Wildman–Crippen MR) is 174 cm³/mol. The summed E-state index contributed by atoms with van der Waals surface area (Å²) in [5.74, 6) is -4.69. The minimum absolute atomic E-state index is 0.0000366. The molecule has 1 aromatic carbocycles. The van der Waals surface area contributed by atoms with E-state index in [1.54, 1.807) is 6.07 Å². The van der Waals surface area contributed by atoms with Crippen LogP contribution in [0.4, 0.5) is 0 Å². The average Bonchev–Trinajstić information content (AvgIpc) is 3.02. The van der Waals surface area contributed by atoms with E-state index in [1.807, 2.05) is 0 Å². The topological polar surface area (TPSA) is 189 Å². The van der Waals surface area contributed by atoms with Gasteiger partial charge in [0.2, 0.25) is 12.4 Å². The summed E-state index contributed by atoms with van der Waals surface area (Å²) in [6, 6.07) is 4.58. The van der Waals surface area contributed by atoms with Crippen LogP contribution >= 0.6 is 0 Å². The highest BCUT2D eigenvalue weighted by Crippen LogP contribution is 2.38. The molecule has 1 saturated heterocycles. The summed E-state index contributed by atoms with van der Waals surface area (Å²) >= 11 is 0. The normalized spacial score (nSPS) is 20.0. The molecule has 15 nitrogen and oxygen atoms in total. The van der Waals surface area contributed by atoms with Crippen molar-refractivity contribution in [2.75, 3.05) is 13.2 Å². The van der Waals surface area contributed by atoms with Crippen molar-refractivity contribution >= 4 is 40.8 Å². The van der Waals surface area contributed by atoms with Gasteiger partial charge in [0.15, 0.2) is 18.0 Å². The molecule has 50 heavy (non-hydrogen) atoms. The molecule has 0 saturated carbocycles. The summed E-state index contributed by atoms with van der Waals surface area (Å²) < 4.78 is 50.1. The van der Waals surface area contributed by atoms with Gasteiger partial charge in [0.25, 0.3) is 5.75 Å². The molecule has 15 heteroatoms. The van der Waals surface area contributed by atoms with E-state index in [2.05, 4.69) is 6.92 Å². The Morgan fingerprint density at radius 3 is 1.90 bits per heavy atom. The van der Waals surface area contributed by atoms with E-state index in [0.29, 0.717) is 12.4 Å². The molecular formula is C35H46O15. The number of hydrogen-bond donors (Lipinski definition) is 0. The van der Waals surface area contributed by atoms with Crippen LogP contribution in [-0.2, 0) is 47.7 Å². The van der Waals surface area contributed by atoms with Crippen LogP contribution in [0.3, 0.4) is 0 Å². The lowest BCUT2D eigenvalue weighted by atomic mass is 9.98. The molecule has 276 valence electrons. The van der Waals surface area contributed by atoms with Crippen LogP contribution in [0.1, 0.15) is 92.9 Å². The standard InChI is InChI=1S/C35H46O15/c1-7-8-9-10-11-12-13-14-17-42-25-15-16-26-27(18-25)48-34(41)32(46-23(5)39)29(26)50-35-33(47-24(6)40)31(45-22(4)38)30(44-21(3)37)28(49-35)19-43-20(2)36/h15-16,18,28,30-31,33,35H,7-14,17,19H2,1-6H3/t28-,30+,31+,33-,35+/m1/s1. The molecule has 0 aliphatic carbocycles. The number of unbranched alkanes of at least 4 members (excludes halogenated alkanes) is 7. The molecule has 2 aromatic rings. The lowest BCUT2D eigenvalue weighted by Crippen LogP contribution is -2.63. The molecule has 0 spiro atoms. The zero-order valence-electron chi connectivity index (χ0n) is 29.3. The molecule has 1 fully saturated rings. The second-order valence-electron chi connectivity index (χ2n) is 11.8. The maximum Gasteiger partial charge on any atom is 0.383 e. The van der Waals surface area contributed by atoms with Crippen molar-refractivity contribution < 1.29 is 66.3 Å².